The molecular formula is C3H8KOS. The summed E-state index contributed by atoms with van der Waals surface area (Å²) in [5.41, 5.74) is 0. The molecule has 0 heterocycles. The van der Waals surface area contributed by atoms with Crippen LogP contribution in [0.15, 0.2) is 0 Å². The van der Waals surface area contributed by atoms with Crippen LogP contribution in [-0.2, 0) is 0 Å². The zero-order valence-corrected chi connectivity index (χ0v) is 8.41. The van der Waals surface area contributed by atoms with Crippen molar-refractivity contribution >= 4 is 64.0 Å². The number of hydrogen-bond donors (Lipinski definition) is 2. The molecule has 6 heavy (non-hydrogen) atoms. The van der Waals surface area contributed by atoms with Crippen molar-refractivity contribution in [3.63, 3.8) is 0 Å². The minimum atomic E-state index is -0.806. The number of thiol groups is 1. The summed E-state index contributed by atoms with van der Waals surface area (Å²) in [4.78, 5) is -0.806. The zero-order chi connectivity index (χ0) is 4.50. The molecule has 0 bridgehead atoms. The van der Waals surface area contributed by atoms with Gasteiger partial charge in [-0.25, -0.2) is 0 Å². The van der Waals surface area contributed by atoms with Gasteiger partial charge in [0.05, 0.1) is 0 Å². The molecule has 0 aliphatic rings. The normalized spacial score (nSPS) is 10.0. The van der Waals surface area contributed by atoms with E-state index < -0.39 is 4.93 Å². The van der Waals surface area contributed by atoms with Crippen molar-refractivity contribution in [3.05, 3.63) is 0 Å². The third kappa shape index (κ3) is 38.4. The maximum Gasteiger partial charge on any atom is 0.102 e. The Balaban J connectivity index is 0. The summed E-state index contributed by atoms with van der Waals surface area (Å²) < 4.78 is 0. The summed E-state index contributed by atoms with van der Waals surface area (Å²) in [6, 6.07) is 0. The van der Waals surface area contributed by atoms with Gasteiger partial charge in [-0.15, -0.1) is 12.6 Å². The predicted molar refractivity (Wildman–Crippen MR) is 31.0 cm³/mol. The molecule has 0 unspecified atom stereocenters. The molecule has 0 saturated carbocycles. The van der Waals surface area contributed by atoms with E-state index in [-0.39, 0.29) is 51.4 Å². The molecule has 0 amide bonds. The Morgan fingerprint density at radius 1 is 1.50 bits per heavy atom. The fraction of sp³-hybridized carbons (Fsp3) is 1.00. The van der Waals surface area contributed by atoms with Gasteiger partial charge in [0.25, 0.3) is 0 Å². The van der Waals surface area contributed by atoms with Gasteiger partial charge in [-0.3, -0.25) is 0 Å². The maximum atomic E-state index is 8.39. The second-order valence-corrected chi connectivity index (χ2v) is 2.59. The Morgan fingerprint density at radius 2 is 1.50 bits per heavy atom. The average Bonchev–Trinajstić information content (AvgIpc) is 0.722. The molecule has 0 aliphatic carbocycles. The van der Waals surface area contributed by atoms with Gasteiger partial charge in [-0.2, -0.15) is 0 Å². The van der Waals surface area contributed by atoms with Crippen molar-refractivity contribution in [2.75, 3.05) is 0 Å². The van der Waals surface area contributed by atoms with Crippen LogP contribution in [0.25, 0.3) is 0 Å². The summed E-state index contributed by atoms with van der Waals surface area (Å²) in [5.74, 6) is 0. The van der Waals surface area contributed by atoms with Gasteiger partial charge in [0.15, 0.2) is 0 Å². The van der Waals surface area contributed by atoms with E-state index in [9.17, 15) is 0 Å². The van der Waals surface area contributed by atoms with Gasteiger partial charge >= 0.3 is 0 Å². The quantitative estimate of drug-likeness (QED) is 0.274. The molecule has 1 nitrogen and oxygen atoms in total. The number of hydrogen-bond acceptors (Lipinski definition) is 2. The van der Waals surface area contributed by atoms with Crippen molar-refractivity contribution in [1.29, 1.82) is 0 Å². The fourth-order valence-corrected chi connectivity index (χ4v) is 0. The first-order valence-corrected chi connectivity index (χ1v) is 1.89. The topological polar surface area (TPSA) is 20.2 Å². The smallest absolute Gasteiger partial charge is 0.102 e. The van der Waals surface area contributed by atoms with Crippen LogP contribution in [-0.4, -0.2) is 61.4 Å². The van der Waals surface area contributed by atoms with E-state index in [0.29, 0.717) is 0 Å². The van der Waals surface area contributed by atoms with Crippen LogP contribution in [0.1, 0.15) is 13.8 Å². The van der Waals surface area contributed by atoms with Crippen LogP contribution in [0, 0.1) is 0 Å². The average molecular weight is 131 g/mol. The van der Waals surface area contributed by atoms with E-state index in [1.807, 2.05) is 0 Å². The second kappa shape index (κ2) is 3.89. The van der Waals surface area contributed by atoms with Gasteiger partial charge in [0, 0.05) is 51.4 Å². The van der Waals surface area contributed by atoms with E-state index in [1.54, 1.807) is 13.8 Å². The Labute approximate surface area is 86.3 Å². The van der Waals surface area contributed by atoms with Crippen LogP contribution in [0.2, 0.25) is 0 Å². The molecule has 0 atom stereocenters. The van der Waals surface area contributed by atoms with Crippen LogP contribution >= 0.6 is 12.6 Å². The van der Waals surface area contributed by atoms with Gasteiger partial charge in [0.1, 0.15) is 4.93 Å². The minimum absolute atomic E-state index is 0. The van der Waals surface area contributed by atoms with E-state index in [2.05, 4.69) is 12.6 Å². The molecule has 0 spiro atoms. The Kier molecular flexibility index (Phi) is 7.03. The van der Waals surface area contributed by atoms with E-state index in [0.717, 1.165) is 0 Å². The monoisotopic (exact) mass is 131 g/mol. The molecule has 3 heteroatoms. The maximum absolute atomic E-state index is 8.39. The van der Waals surface area contributed by atoms with Crippen LogP contribution in [0.3, 0.4) is 0 Å². The van der Waals surface area contributed by atoms with Crippen LogP contribution in [0.5, 0.6) is 0 Å². The van der Waals surface area contributed by atoms with Gasteiger partial charge in [0.2, 0.25) is 0 Å². The first-order valence-electron chi connectivity index (χ1n) is 1.45. The summed E-state index contributed by atoms with van der Waals surface area (Å²) in [7, 11) is 0. The summed E-state index contributed by atoms with van der Waals surface area (Å²) in [6.45, 7) is 3.21. The molecule has 0 aliphatic heterocycles. The largest absolute Gasteiger partial charge is 0.380 e. The molecule has 33 valence electrons. The van der Waals surface area contributed by atoms with Crippen LogP contribution < -0.4 is 0 Å². The molecular weight excluding hydrogens is 123 g/mol. The molecule has 1 N–H and O–H groups in total. The molecule has 1 radical (unpaired) electrons. The van der Waals surface area contributed by atoms with Gasteiger partial charge in [-0.1, -0.05) is 0 Å². The van der Waals surface area contributed by atoms with Crippen molar-refractivity contribution in [1.82, 2.24) is 0 Å². The molecule has 0 saturated heterocycles. The van der Waals surface area contributed by atoms with Crippen LogP contribution in [0.4, 0.5) is 0 Å². The van der Waals surface area contributed by atoms with Crippen molar-refractivity contribution in [2.45, 2.75) is 18.8 Å². The van der Waals surface area contributed by atoms with Gasteiger partial charge in [-0.05, 0) is 13.8 Å². The number of aliphatic hydroxyl groups is 1. The van der Waals surface area contributed by atoms with Gasteiger partial charge < -0.3 is 5.11 Å². The SMILES string of the molecule is CC(C)(O)S.[K]. The van der Waals surface area contributed by atoms with E-state index in [4.69, 9.17) is 5.11 Å². The Morgan fingerprint density at radius 3 is 1.50 bits per heavy atom. The molecule has 0 aromatic carbocycles. The first-order chi connectivity index (χ1) is 2.00. The second-order valence-electron chi connectivity index (χ2n) is 1.49. The third-order valence-electron chi connectivity index (χ3n) is 0. The van der Waals surface area contributed by atoms with Crippen molar-refractivity contribution in [2.24, 2.45) is 0 Å². The zero-order valence-electron chi connectivity index (χ0n) is 4.39. The van der Waals surface area contributed by atoms with Crippen molar-refractivity contribution in [3.8, 4) is 0 Å². The summed E-state index contributed by atoms with van der Waals surface area (Å²) >= 11 is 3.68. The molecule has 0 aromatic rings. The predicted octanol–water partition coefficient (Wildman–Crippen LogP) is 0.264. The minimum Gasteiger partial charge on any atom is -0.380 e. The van der Waals surface area contributed by atoms with Crippen molar-refractivity contribution < 1.29 is 5.11 Å². The first kappa shape index (κ1) is 10.8. The molecule has 0 fully saturated rings. The number of rotatable bonds is 0. The third-order valence-corrected chi connectivity index (χ3v) is 0. The standard InChI is InChI=1S/C3H8OS.K/c1-3(2,4)5;/h4-5H,1-2H3;. The fourth-order valence-electron chi connectivity index (χ4n) is 0. The van der Waals surface area contributed by atoms with E-state index in [1.165, 1.54) is 0 Å². The Hall–Kier alpha value is 1.95. The Bertz CT molecular complexity index is 26.3. The summed E-state index contributed by atoms with van der Waals surface area (Å²) in [5, 5.41) is 8.39. The summed E-state index contributed by atoms with van der Waals surface area (Å²) in [6.07, 6.45) is 0. The van der Waals surface area contributed by atoms with E-state index >= 15 is 0 Å². The molecule has 0 rings (SSSR count). The molecule has 0 aromatic heterocycles.